The molecule has 1 saturated heterocycles. The van der Waals surface area contributed by atoms with Gasteiger partial charge >= 0.3 is 0 Å². The molecule has 11 heteroatoms. The number of anilines is 3. The van der Waals surface area contributed by atoms with Crippen molar-refractivity contribution in [3.63, 3.8) is 0 Å². The van der Waals surface area contributed by atoms with E-state index in [-0.39, 0.29) is 35.4 Å². The van der Waals surface area contributed by atoms with Gasteiger partial charge in [0, 0.05) is 15.6 Å². The molecule has 0 atom stereocenters. The number of rotatable bonds is 5. The second kappa shape index (κ2) is 8.19. The predicted octanol–water partition coefficient (Wildman–Crippen LogP) is 4.15. The fourth-order valence-electron chi connectivity index (χ4n) is 2.51. The van der Waals surface area contributed by atoms with Gasteiger partial charge in [-0.25, -0.2) is 0 Å². The summed E-state index contributed by atoms with van der Waals surface area (Å²) in [4.78, 5) is 39.6. The summed E-state index contributed by atoms with van der Waals surface area (Å²) in [6.07, 6.45) is 1.70. The molecule has 0 aliphatic carbocycles. The van der Waals surface area contributed by atoms with Crippen LogP contribution in [0.2, 0.25) is 5.02 Å². The van der Waals surface area contributed by atoms with Crippen molar-refractivity contribution in [1.29, 1.82) is 0 Å². The third-order valence-corrected chi connectivity index (χ3v) is 5.77. The van der Waals surface area contributed by atoms with E-state index in [9.17, 15) is 9.59 Å². The number of aromatic nitrogens is 3. The van der Waals surface area contributed by atoms with E-state index in [2.05, 4.69) is 20.3 Å². The average Bonchev–Trinajstić information content (AvgIpc) is 3.27. The monoisotopic (exact) mass is 444 g/mol. The minimum atomic E-state index is -0.389. The van der Waals surface area contributed by atoms with E-state index in [0.29, 0.717) is 15.6 Å². The summed E-state index contributed by atoms with van der Waals surface area (Å²) in [6, 6.07) is 10.7. The molecule has 4 rings (SSSR count). The van der Waals surface area contributed by atoms with Crippen molar-refractivity contribution >= 4 is 69.5 Å². The van der Waals surface area contributed by atoms with E-state index in [1.165, 1.54) is 11.3 Å². The zero-order valence-electron chi connectivity index (χ0n) is 14.7. The van der Waals surface area contributed by atoms with Crippen LogP contribution in [0.15, 0.2) is 46.7 Å². The zero-order chi connectivity index (χ0) is 20.4. The Balaban J connectivity index is 1.53. The number of thioether (sulfide) groups is 1. The number of benzene rings is 1. The first-order valence-corrected chi connectivity index (χ1v) is 10.4. The highest BCUT2D eigenvalue weighted by atomic mass is 35.5. The molecule has 0 bridgehead atoms. The number of hydrogen-bond donors (Lipinski definition) is 2. The Morgan fingerprint density at radius 2 is 1.93 bits per heavy atom. The van der Waals surface area contributed by atoms with Gasteiger partial charge < -0.3 is 11.1 Å². The molecule has 3 heterocycles. The van der Waals surface area contributed by atoms with E-state index in [4.69, 9.17) is 17.3 Å². The molecule has 146 valence electrons. The van der Waals surface area contributed by atoms with Crippen LogP contribution in [0.5, 0.6) is 0 Å². The number of nitrogens with zero attached hydrogens (tertiary/aromatic N) is 4. The molecule has 0 radical (unpaired) electrons. The number of carbonyl (C=O) groups excluding carboxylic acids is 2. The van der Waals surface area contributed by atoms with Crippen LogP contribution in [-0.2, 0) is 11.3 Å². The Morgan fingerprint density at radius 1 is 1.14 bits per heavy atom. The first-order chi connectivity index (χ1) is 14.0. The van der Waals surface area contributed by atoms with Crippen molar-refractivity contribution in [2.45, 2.75) is 6.54 Å². The lowest BCUT2D eigenvalue weighted by Gasteiger charge is -2.12. The molecule has 8 nitrogen and oxygen atoms in total. The summed E-state index contributed by atoms with van der Waals surface area (Å²) < 4.78 is 0. The maximum atomic E-state index is 12.6. The Bertz CT molecular complexity index is 1100. The molecular weight excluding hydrogens is 432 g/mol. The molecule has 1 aliphatic heterocycles. The molecule has 2 amide bonds. The van der Waals surface area contributed by atoms with Crippen molar-refractivity contribution in [3.8, 4) is 0 Å². The van der Waals surface area contributed by atoms with Crippen LogP contribution in [0.4, 0.5) is 22.4 Å². The summed E-state index contributed by atoms with van der Waals surface area (Å²) in [7, 11) is 0. The summed E-state index contributed by atoms with van der Waals surface area (Å²) in [5.41, 5.74) is 6.48. The molecule has 2 aromatic heterocycles. The van der Waals surface area contributed by atoms with Crippen LogP contribution in [0.3, 0.4) is 0 Å². The van der Waals surface area contributed by atoms with Crippen LogP contribution < -0.4 is 11.1 Å². The van der Waals surface area contributed by atoms with E-state index >= 15 is 0 Å². The number of amides is 2. The Kier molecular flexibility index (Phi) is 5.47. The second-order valence-electron chi connectivity index (χ2n) is 5.85. The van der Waals surface area contributed by atoms with Crippen LogP contribution in [-0.4, -0.2) is 31.0 Å². The zero-order valence-corrected chi connectivity index (χ0v) is 17.1. The van der Waals surface area contributed by atoms with Crippen LogP contribution in [0.1, 0.15) is 10.7 Å². The van der Waals surface area contributed by atoms with Gasteiger partial charge in [0.2, 0.25) is 11.9 Å². The van der Waals surface area contributed by atoms with E-state index < -0.39 is 0 Å². The number of imide groups is 1. The maximum absolute atomic E-state index is 12.6. The van der Waals surface area contributed by atoms with Crippen molar-refractivity contribution < 1.29 is 9.59 Å². The van der Waals surface area contributed by atoms with Gasteiger partial charge in [-0.3, -0.25) is 14.5 Å². The van der Waals surface area contributed by atoms with Gasteiger partial charge in [0.15, 0.2) is 5.82 Å². The van der Waals surface area contributed by atoms with Gasteiger partial charge in [-0.05, 0) is 53.5 Å². The number of hydrogen-bond acceptors (Lipinski definition) is 9. The highest BCUT2D eigenvalue weighted by molar-refractivity contribution is 8.18. The number of carbonyl (C=O) groups is 2. The Morgan fingerprint density at radius 3 is 2.66 bits per heavy atom. The minimum Gasteiger partial charge on any atom is -0.368 e. The van der Waals surface area contributed by atoms with Crippen molar-refractivity contribution in [2.24, 2.45) is 0 Å². The van der Waals surface area contributed by atoms with Crippen LogP contribution in [0.25, 0.3) is 6.08 Å². The van der Waals surface area contributed by atoms with Gasteiger partial charge in [0.05, 0.1) is 11.4 Å². The van der Waals surface area contributed by atoms with Crippen LogP contribution >= 0.6 is 34.7 Å². The fourth-order valence-corrected chi connectivity index (χ4v) is 4.19. The summed E-state index contributed by atoms with van der Waals surface area (Å²) in [6.45, 7) is -0.103. The van der Waals surface area contributed by atoms with Gasteiger partial charge in [0.1, 0.15) is 0 Å². The highest BCUT2D eigenvalue weighted by Gasteiger charge is 2.35. The largest absolute Gasteiger partial charge is 0.368 e. The predicted molar refractivity (Wildman–Crippen MR) is 115 cm³/mol. The van der Waals surface area contributed by atoms with Crippen molar-refractivity contribution in [3.05, 3.63) is 62.4 Å². The molecule has 3 aromatic rings. The Labute approximate surface area is 178 Å². The lowest BCUT2D eigenvalue weighted by atomic mass is 10.3. The number of thiophene rings is 1. The summed E-state index contributed by atoms with van der Waals surface area (Å²) in [5.74, 6) is -0.00304. The van der Waals surface area contributed by atoms with Gasteiger partial charge in [-0.1, -0.05) is 17.7 Å². The fraction of sp³-hybridized carbons (Fsp3) is 0.0556. The first kappa shape index (κ1) is 19.4. The molecule has 3 N–H and O–H groups in total. The molecule has 1 aliphatic rings. The Hall–Kier alpha value is -2.95. The average molecular weight is 445 g/mol. The lowest BCUT2D eigenvalue weighted by Crippen LogP contribution is -2.28. The topological polar surface area (TPSA) is 114 Å². The number of nitrogens with two attached hydrogens (primary N) is 1. The maximum Gasteiger partial charge on any atom is 0.293 e. The SMILES string of the molecule is Nc1nc(CN2C(=O)S/C(=C\c3cccs3)C2=O)nc(Nc2ccc(Cl)cc2)n1. The molecule has 1 aromatic carbocycles. The van der Waals surface area contributed by atoms with Crippen molar-refractivity contribution in [1.82, 2.24) is 19.9 Å². The molecule has 29 heavy (non-hydrogen) atoms. The molecule has 0 saturated carbocycles. The summed E-state index contributed by atoms with van der Waals surface area (Å²) >= 11 is 8.25. The van der Waals surface area contributed by atoms with Crippen molar-refractivity contribution in [2.75, 3.05) is 11.1 Å². The number of nitrogens with one attached hydrogen (secondary N) is 1. The minimum absolute atomic E-state index is 0.0208. The molecule has 0 spiro atoms. The third-order valence-electron chi connectivity index (χ3n) is 3.79. The lowest BCUT2D eigenvalue weighted by molar-refractivity contribution is -0.123. The van der Waals surface area contributed by atoms with E-state index in [1.807, 2.05) is 17.5 Å². The van der Waals surface area contributed by atoms with Gasteiger partial charge in [0.25, 0.3) is 11.1 Å². The van der Waals surface area contributed by atoms with Crippen LogP contribution in [0, 0.1) is 0 Å². The third kappa shape index (κ3) is 4.56. The normalized spacial score (nSPS) is 15.3. The quantitative estimate of drug-likeness (QED) is 0.564. The number of nitrogen functional groups attached to an aromatic ring is 1. The summed E-state index contributed by atoms with van der Waals surface area (Å²) in [5, 5.41) is 5.11. The second-order valence-corrected chi connectivity index (χ2v) is 8.26. The molecule has 0 unspecified atom stereocenters. The van der Waals surface area contributed by atoms with Gasteiger partial charge in [-0.15, -0.1) is 11.3 Å². The van der Waals surface area contributed by atoms with Gasteiger partial charge in [-0.2, -0.15) is 15.0 Å². The molecule has 1 fully saturated rings. The molecular formula is C18H13ClN6O2S2. The first-order valence-electron chi connectivity index (χ1n) is 8.30. The van der Waals surface area contributed by atoms with E-state index in [0.717, 1.165) is 21.5 Å². The number of halogens is 1. The van der Waals surface area contributed by atoms with E-state index in [1.54, 1.807) is 30.3 Å². The standard InChI is InChI=1S/C18H13ClN6O2S2/c19-10-3-5-11(6-4-10)21-17-23-14(22-16(20)24-17)9-25-15(26)13(29-18(25)27)8-12-2-1-7-28-12/h1-8H,9H2,(H3,20,21,22,23,24)/b13-8-. The smallest absolute Gasteiger partial charge is 0.293 e. The highest BCUT2D eigenvalue weighted by Crippen LogP contribution is 2.33.